The van der Waals surface area contributed by atoms with E-state index in [4.69, 9.17) is 0 Å². The predicted molar refractivity (Wildman–Crippen MR) is 57.2 cm³/mol. The fourth-order valence-corrected chi connectivity index (χ4v) is 2.50. The van der Waals surface area contributed by atoms with Crippen molar-refractivity contribution in [3.05, 3.63) is 23.3 Å². The second-order valence-electron chi connectivity index (χ2n) is 3.28. The summed E-state index contributed by atoms with van der Waals surface area (Å²) >= 11 is 0.991. The van der Waals surface area contributed by atoms with Crippen molar-refractivity contribution in [1.29, 1.82) is 0 Å². The van der Waals surface area contributed by atoms with E-state index in [-0.39, 0.29) is 0 Å². The third kappa shape index (κ3) is 7.92. The molecule has 0 radical (unpaired) electrons. The van der Waals surface area contributed by atoms with Crippen molar-refractivity contribution < 1.29 is 0 Å². The van der Waals surface area contributed by atoms with Gasteiger partial charge in [0.25, 0.3) is 0 Å². The average Bonchev–Trinajstić information content (AvgIpc) is 1.87. The zero-order valence-electron chi connectivity index (χ0n) is 8.28. The first-order valence-electron chi connectivity index (χ1n) is 4.45. The third-order valence-electron chi connectivity index (χ3n) is 1.64. The van der Waals surface area contributed by atoms with Crippen LogP contribution < -0.4 is 0 Å². The van der Waals surface area contributed by atoms with E-state index in [1.54, 1.807) is 5.57 Å². The summed E-state index contributed by atoms with van der Waals surface area (Å²) in [6.07, 6.45) is 7.17. The van der Waals surface area contributed by atoms with Crippen LogP contribution >= 0.6 is 0 Å². The molecule has 11 heavy (non-hydrogen) atoms. The molecule has 0 fully saturated rings. The first-order valence-corrected chi connectivity index (χ1v) is 7.42. The van der Waals surface area contributed by atoms with Gasteiger partial charge in [-0.25, -0.2) is 0 Å². The Balaban J connectivity index is 3.54. The number of rotatable bonds is 4. The molecule has 1 heteroatoms. The molecule has 0 unspecified atom stereocenters. The molecule has 0 aliphatic rings. The Morgan fingerprint density at radius 1 is 1.18 bits per heavy atom. The van der Waals surface area contributed by atoms with E-state index < -0.39 is 0 Å². The van der Waals surface area contributed by atoms with Crippen molar-refractivity contribution in [3.8, 4) is 0 Å². The van der Waals surface area contributed by atoms with Crippen LogP contribution in [0.3, 0.4) is 0 Å². The van der Waals surface area contributed by atoms with Crippen LogP contribution in [0, 0.1) is 0 Å². The van der Waals surface area contributed by atoms with Gasteiger partial charge < -0.3 is 0 Å². The first kappa shape index (κ1) is 11.0. The molecule has 0 saturated carbocycles. The number of hydrogen-bond acceptors (Lipinski definition) is 0. The van der Waals surface area contributed by atoms with Crippen LogP contribution in [0.5, 0.6) is 0 Å². The molecule has 0 N–H and O–H groups in total. The zero-order chi connectivity index (χ0) is 8.69. The quantitative estimate of drug-likeness (QED) is 0.496. The Morgan fingerprint density at radius 3 is 2.27 bits per heavy atom. The molecule has 0 aliphatic carbocycles. The van der Waals surface area contributed by atoms with Crippen molar-refractivity contribution in [2.24, 2.45) is 0 Å². The monoisotopic (exact) mass is 214 g/mol. The normalized spacial score (nSPS) is 11.7. The molecule has 0 heterocycles. The Labute approximate surface area is 79.0 Å². The van der Waals surface area contributed by atoms with Gasteiger partial charge in [0.15, 0.2) is 0 Å². The fraction of sp³-hybridized carbons (Fsp3) is 0.600. The second kappa shape index (κ2) is 6.72. The molecule has 0 spiro atoms. The van der Waals surface area contributed by atoms with Crippen molar-refractivity contribution in [3.63, 3.8) is 0 Å². The zero-order valence-corrected chi connectivity index (χ0v) is 12.5. The molecular formula is C10H20Ge. The van der Waals surface area contributed by atoms with Crippen molar-refractivity contribution in [2.75, 3.05) is 0 Å². The van der Waals surface area contributed by atoms with Gasteiger partial charge in [-0.3, -0.25) is 0 Å². The topological polar surface area (TPSA) is 0 Å². The van der Waals surface area contributed by atoms with Gasteiger partial charge >= 0.3 is 78.7 Å². The second-order valence-corrected chi connectivity index (χ2v) is 4.99. The standard InChI is InChI=1S/C10H20Ge/c1-9(2)5-4-6-10(3)7-8-11/h5,7H,4,6,8H2,1-3,11H3/b10-7+. The molecule has 0 bridgehead atoms. The minimum absolute atomic E-state index is 0.991. The SMILES string of the molecule is CC(C)=CCC/C(C)=C/[CH2][GeH3]. The maximum atomic E-state index is 2.39. The Hall–Kier alpha value is 0.0229. The van der Waals surface area contributed by atoms with Gasteiger partial charge in [0.1, 0.15) is 0 Å². The molecular weight excluding hydrogens is 193 g/mol. The van der Waals surface area contributed by atoms with Crippen molar-refractivity contribution in [1.82, 2.24) is 0 Å². The van der Waals surface area contributed by atoms with E-state index in [2.05, 4.69) is 32.9 Å². The fourth-order valence-electron chi connectivity index (χ4n) is 1.04. The van der Waals surface area contributed by atoms with Crippen LogP contribution in [0.4, 0.5) is 0 Å². The summed E-state index contributed by atoms with van der Waals surface area (Å²) in [4.78, 5) is 0. The third-order valence-corrected chi connectivity index (χ3v) is 2.50. The molecule has 0 amide bonds. The first-order chi connectivity index (χ1) is 5.16. The number of hydrogen-bond donors (Lipinski definition) is 0. The molecule has 0 nitrogen and oxygen atoms in total. The van der Waals surface area contributed by atoms with Crippen LogP contribution in [0.2, 0.25) is 5.25 Å². The summed E-state index contributed by atoms with van der Waals surface area (Å²) in [5.41, 5.74) is 3.00. The summed E-state index contributed by atoms with van der Waals surface area (Å²) in [6, 6.07) is 0. The Bertz CT molecular complexity index is 150. The van der Waals surface area contributed by atoms with E-state index in [0.29, 0.717) is 0 Å². The van der Waals surface area contributed by atoms with E-state index in [9.17, 15) is 0 Å². The van der Waals surface area contributed by atoms with Gasteiger partial charge in [-0.15, -0.1) is 0 Å². The van der Waals surface area contributed by atoms with Gasteiger partial charge in [-0.1, -0.05) is 0 Å². The Morgan fingerprint density at radius 2 is 1.82 bits per heavy atom. The van der Waals surface area contributed by atoms with Crippen LogP contribution in [0.1, 0.15) is 33.6 Å². The Kier molecular flexibility index (Phi) is 6.73. The predicted octanol–water partition coefficient (Wildman–Crippen LogP) is 2.46. The minimum atomic E-state index is 0.991. The van der Waals surface area contributed by atoms with Crippen molar-refractivity contribution in [2.45, 2.75) is 38.9 Å². The average molecular weight is 213 g/mol. The summed E-state index contributed by atoms with van der Waals surface area (Å²) in [5, 5.41) is 1.35. The molecule has 0 aromatic carbocycles. The van der Waals surface area contributed by atoms with Gasteiger partial charge in [0.2, 0.25) is 0 Å². The molecule has 0 rings (SSSR count). The van der Waals surface area contributed by atoms with E-state index in [1.807, 2.05) is 0 Å². The van der Waals surface area contributed by atoms with Crippen LogP contribution in [-0.4, -0.2) is 16.5 Å². The number of allylic oxidation sites excluding steroid dienone is 4. The van der Waals surface area contributed by atoms with Crippen molar-refractivity contribution >= 4 is 16.5 Å². The van der Waals surface area contributed by atoms with E-state index >= 15 is 0 Å². The van der Waals surface area contributed by atoms with Crippen LogP contribution in [0.15, 0.2) is 23.3 Å². The van der Waals surface area contributed by atoms with Gasteiger partial charge in [-0.05, 0) is 0 Å². The molecule has 0 saturated heterocycles. The molecule has 64 valence electrons. The summed E-state index contributed by atoms with van der Waals surface area (Å²) < 4.78 is 0. The molecule has 0 aliphatic heterocycles. The molecule has 0 aromatic rings. The van der Waals surface area contributed by atoms with Gasteiger partial charge in [-0.2, -0.15) is 0 Å². The molecule has 0 atom stereocenters. The van der Waals surface area contributed by atoms with Gasteiger partial charge in [0, 0.05) is 0 Å². The summed E-state index contributed by atoms with van der Waals surface area (Å²) in [7, 11) is 0. The van der Waals surface area contributed by atoms with Gasteiger partial charge in [0.05, 0.1) is 0 Å². The van der Waals surface area contributed by atoms with E-state index in [1.165, 1.54) is 23.7 Å². The maximum absolute atomic E-state index is 2.39. The van der Waals surface area contributed by atoms with E-state index in [0.717, 1.165) is 16.5 Å². The van der Waals surface area contributed by atoms with Crippen LogP contribution in [-0.2, 0) is 0 Å². The molecule has 0 aromatic heterocycles. The summed E-state index contributed by atoms with van der Waals surface area (Å²) in [5.74, 6) is 0. The van der Waals surface area contributed by atoms with Crippen LogP contribution in [0.25, 0.3) is 0 Å². The summed E-state index contributed by atoms with van der Waals surface area (Å²) in [6.45, 7) is 6.56.